The van der Waals surface area contributed by atoms with Crippen LogP contribution in [-0.2, 0) is 0 Å². The van der Waals surface area contributed by atoms with Gasteiger partial charge in [-0.2, -0.15) is 0 Å². The molecule has 6 nitrogen and oxygen atoms in total. The normalized spacial score (nSPS) is 10.8. The number of carbonyl (C=O) groups is 1. The summed E-state index contributed by atoms with van der Waals surface area (Å²) in [6, 6.07) is 10.1. The first-order valence-corrected chi connectivity index (χ1v) is 9.24. The van der Waals surface area contributed by atoms with Crippen molar-refractivity contribution >= 4 is 29.1 Å². The number of nitrogens with two attached hydrogens (primary N) is 1. The lowest BCUT2D eigenvalue weighted by Gasteiger charge is -2.06. The predicted molar refractivity (Wildman–Crippen MR) is 111 cm³/mol. The van der Waals surface area contributed by atoms with Crippen LogP contribution in [0.5, 0.6) is 0 Å². The Morgan fingerprint density at radius 3 is 2.52 bits per heavy atom. The third-order valence-electron chi connectivity index (χ3n) is 4.39. The molecule has 2 aromatic carbocycles. The van der Waals surface area contributed by atoms with E-state index in [1.807, 2.05) is 0 Å². The van der Waals surface area contributed by atoms with E-state index in [1.54, 1.807) is 6.07 Å². The number of imidazole rings is 1. The number of nitrogen functional groups attached to an aromatic ring is 1. The summed E-state index contributed by atoms with van der Waals surface area (Å²) in [4.78, 5) is 23.4. The monoisotopic (exact) mass is 443 g/mol. The number of nitrogens with one attached hydrogen (secondary N) is 2. The highest BCUT2D eigenvalue weighted by Crippen LogP contribution is 2.33. The Hall–Kier alpha value is -3.85. The van der Waals surface area contributed by atoms with E-state index >= 15 is 0 Å². The van der Waals surface area contributed by atoms with Crippen LogP contribution in [0, 0.1) is 17.5 Å². The van der Waals surface area contributed by atoms with Crippen molar-refractivity contribution in [2.75, 3.05) is 11.1 Å². The maximum Gasteiger partial charge on any atom is 0.256 e. The largest absolute Gasteiger partial charge is 0.383 e. The van der Waals surface area contributed by atoms with Crippen molar-refractivity contribution in [2.45, 2.75) is 0 Å². The van der Waals surface area contributed by atoms with E-state index in [0.717, 1.165) is 18.2 Å². The lowest BCUT2D eigenvalue weighted by atomic mass is 10.2. The molecule has 0 aliphatic heterocycles. The van der Waals surface area contributed by atoms with E-state index in [1.165, 1.54) is 30.5 Å². The number of H-pyrrole nitrogens is 1. The van der Waals surface area contributed by atoms with Gasteiger partial charge in [0.1, 0.15) is 29.0 Å². The molecule has 0 bridgehead atoms. The Bertz CT molecular complexity index is 1270. The number of hydrogen-bond donors (Lipinski definition) is 3. The number of nitrogens with zero attached hydrogens (tertiary/aromatic N) is 2. The first-order chi connectivity index (χ1) is 14.8. The third-order valence-corrected chi connectivity index (χ3v) is 4.71. The van der Waals surface area contributed by atoms with Crippen molar-refractivity contribution in [1.29, 1.82) is 0 Å². The van der Waals surface area contributed by atoms with E-state index in [9.17, 15) is 18.0 Å². The summed E-state index contributed by atoms with van der Waals surface area (Å²) in [5, 5.41) is 2.65. The van der Waals surface area contributed by atoms with E-state index in [0.29, 0.717) is 11.3 Å². The topological polar surface area (TPSA) is 96.7 Å². The second kappa shape index (κ2) is 8.11. The molecule has 0 aliphatic carbocycles. The fraction of sp³-hybridized carbons (Fsp3) is 0. The summed E-state index contributed by atoms with van der Waals surface area (Å²) in [6.45, 7) is 0. The number of hydrogen-bond acceptors (Lipinski definition) is 4. The SMILES string of the molecule is Nc1[nH]c(-c2c(F)cccc2Cl)nc1-c1ccc(NC(=O)c2ccc(F)c(F)c2)nc1. The van der Waals surface area contributed by atoms with Crippen molar-refractivity contribution in [1.82, 2.24) is 15.0 Å². The van der Waals surface area contributed by atoms with Crippen LogP contribution < -0.4 is 11.1 Å². The summed E-state index contributed by atoms with van der Waals surface area (Å²) in [7, 11) is 0. The van der Waals surface area contributed by atoms with Gasteiger partial charge in [0, 0.05) is 17.3 Å². The fourth-order valence-electron chi connectivity index (χ4n) is 2.88. The number of benzene rings is 2. The summed E-state index contributed by atoms with van der Waals surface area (Å²) in [6.07, 6.45) is 1.40. The summed E-state index contributed by atoms with van der Waals surface area (Å²) in [5.41, 5.74) is 6.83. The first kappa shape index (κ1) is 20.4. The Balaban J connectivity index is 1.57. The molecule has 4 N–H and O–H groups in total. The van der Waals surface area contributed by atoms with Gasteiger partial charge < -0.3 is 16.0 Å². The Morgan fingerprint density at radius 1 is 1.03 bits per heavy atom. The quantitative estimate of drug-likeness (QED) is 0.411. The van der Waals surface area contributed by atoms with Gasteiger partial charge in [0.2, 0.25) is 0 Å². The second-order valence-corrected chi connectivity index (χ2v) is 6.87. The Kier molecular flexibility index (Phi) is 5.35. The number of amides is 1. The number of rotatable bonds is 4. The van der Waals surface area contributed by atoms with Crippen LogP contribution >= 0.6 is 11.6 Å². The molecule has 31 heavy (non-hydrogen) atoms. The van der Waals surface area contributed by atoms with Crippen LogP contribution in [0.4, 0.5) is 24.8 Å². The molecule has 0 aliphatic rings. The molecule has 0 spiro atoms. The zero-order valence-electron chi connectivity index (χ0n) is 15.6. The number of anilines is 2. The van der Waals surface area contributed by atoms with Gasteiger partial charge in [-0.3, -0.25) is 4.79 Å². The van der Waals surface area contributed by atoms with E-state index in [2.05, 4.69) is 20.3 Å². The molecule has 0 saturated carbocycles. The molecule has 0 saturated heterocycles. The molecule has 2 aromatic heterocycles. The molecule has 0 atom stereocenters. The first-order valence-electron chi connectivity index (χ1n) is 8.86. The van der Waals surface area contributed by atoms with Crippen LogP contribution in [0.1, 0.15) is 10.4 Å². The zero-order valence-corrected chi connectivity index (χ0v) is 16.3. The van der Waals surface area contributed by atoms with Gasteiger partial charge in [0.25, 0.3) is 5.91 Å². The van der Waals surface area contributed by atoms with Gasteiger partial charge in [-0.1, -0.05) is 17.7 Å². The summed E-state index contributed by atoms with van der Waals surface area (Å²) < 4.78 is 40.5. The maximum atomic E-state index is 14.2. The second-order valence-electron chi connectivity index (χ2n) is 6.46. The minimum absolute atomic E-state index is 0.0623. The van der Waals surface area contributed by atoms with Crippen molar-refractivity contribution < 1.29 is 18.0 Å². The molecule has 156 valence electrons. The van der Waals surface area contributed by atoms with Gasteiger partial charge >= 0.3 is 0 Å². The van der Waals surface area contributed by atoms with Crippen LogP contribution in [0.15, 0.2) is 54.7 Å². The summed E-state index contributed by atoms with van der Waals surface area (Å²) in [5.74, 6) is -2.88. The molecule has 4 aromatic rings. The fourth-order valence-corrected chi connectivity index (χ4v) is 3.14. The van der Waals surface area contributed by atoms with Crippen LogP contribution in [0.2, 0.25) is 5.02 Å². The minimum Gasteiger partial charge on any atom is -0.383 e. The number of halogens is 4. The smallest absolute Gasteiger partial charge is 0.256 e. The van der Waals surface area contributed by atoms with Gasteiger partial charge in [0.15, 0.2) is 11.6 Å². The van der Waals surface area contributed by atoms with Crippen LogP contribution in [0.3, 0.4) is 0 Å². The van der Waals surface area contributed by atoms with E-state index in [-0.39, 0.29) is 33.6 Å². The standard InChI is InChI=1S/C21H13ClF3N5O/c22-12-2-1-3-14(24)17(12)20-29-18(19(26)30-20)11-5-7-16(27-9-11)28-21(31)10-4-6-13(23)15(25)8-10/h1-9H,26H2,(H,29,30)(H,27,28,31). The predicted octanol–water partition coefficient (Wildman–Crippen LogP) is 5.04. The molecule has 4 rings (SSSR count). The average molecular weight is 444 g/mol. The minimum atomic E-state index is -1.13. The molecule has 1 amide bonds. The molecule has 0 radical (unpaired) electrons. The Labute approximate surface area is 178 Å². The van der Waals surface area contributed by atoms with Crippen molar-refractivity contribution in [3.8, 4) is 22.6 Å². The zero-order chi connectivity index (χ0) is 22.1. The van der Waals surface area contributed by atoms with Crippen molar-refractivity contribution in [3.05, 3.63) is 82.8 Å². The van der Waals surface area contributed by atoms with Gasteiger partial charge in [-0.15, -0.1) is 0 Å². The van der Waals surface area contributed by atoms with Crippen molar-refractivity contribution in [3.63, 3.8) is 0 Å². The number of carbonyl (C=O) groups excluding carboxylic acids is 1. The highest BCUT2D eigenvalue weighted by atomic mass is 35.5. The number of aromatic amines is 1. The van der Waals surface area contributed by atoms with Crippen molar-refractivity contribution in [2.24, 2.45) is 0 Å². The highest BCUT2D eigenvalue weighted by Gasteiger charge is 2.17. The number of pyridine rings is 1. The Morgan fingerprint density at radius 2 is 1.84 bits per heavy atom. The highest BCUT2D eigenvalue weighted by molar-refractivity contribution is 6.33. The van der Waals surface area contributed by atoms with E-state index < -0.39 is 23.4 Å². The van der Waals surface area contributed by atoms with Gasteiger partial charge in [-0.05, 0) is 42.5 Å². The lowest BCUT2D eigenvalue weighted by Crippen LogP contribution is -2.13. The molecule has 0 fully saturated rings. The summed E-state index contributed by atoms with van der Waals surface area (Å²) >= 11 is 6.07. The van der Waals surface area contributed by atoms with Crippen LogP contribution in [-0.4, -0.2) is 20.9 Å². The lowest BCUT2D eigenvalue weighted by molar-refractivity contribution is 0.102. The molecule has 0 unspecified atom stereocenters. The number of aromatic nitrogens is 3. The molecule has 10 heteroatoms. The molecular weight excluding hydrogens is 431 g/mol. The molecular formula is C21H13ClF3N5O. The third kappa shape index (κ3) is 4.08. The molecule has 2 heterocycles. The maximum absolute atomic E-state index is 14.2. The van der Waals surface area contributed by atoms with Gasteiger partial charge in [0.05, 0.1) is 10.6 Å². The van der Waals surface area contributed by atoms with E-state index in [4.69, 9.17) is 17.3 Å². The van der Waals surface area contributed by atoms with Crippen LogP contribution in [0.25, 0.3) is 22.6 Å². The van der Waals surface area contributed by atoms with Gasteiger partial charge in [-0.25, -0.2) is 23.1 Å². The average Bonchev–Trinajstić information content (AvgIpc) is 3.11.